The van der Waals surface area contributed by atoms with Crippen LogP contribution in [-0.4, -0.2) is 28.4 Å². The number of benzene rings is 1. The standard InChI is InChI=1S/C19H17Cl2F3N4O2/c1-17(2)19(23,24)18(3,28-16(25)30-17)11-7-10(4-5-13(11)22)27-15(29)14-12(21)6-9(20)8-26-14/h4-8H,1-3H3,(H2,25,28)(H,27,29)/t18-/m1/s1. The van der Waals surface area contributed by atoms with Crippen molar-refractivity contribution in [2.24, 2.45) is 10.7 Å². The van der Waals surface area contributed by atoms with Gasteiger partial charge in [0.2, 0.25) is 0 Å². The van der Waals surface area contributed by atoms with Crippen LogP contribution in [-0.2, 0) is 10.3 Å². The maximum Gasteiger partial charge on any atom is 0.315 e. The molecule has 30 heavy (non-hydrogen) atoms. The first kappa shape index (κ1) is 22.2. The highest BCUT2D eigenvalue weighted by Gasteiger charge is 2.66. The minimum Gasteiger partial charge on any atom is -0.453 e. The number of carbonyl (C=O) groups is 1. The second kappa shape index (κ2) is 7.31. The number of nitrogens with zero attached hydrogens (tertiary/aromatic N) is 2. The molecule has 160 valence electrons. The van der Waals surface area contributed by atoms with Crippen molar-refractivity contribution in [1.82, 2.24) is 4.98 Å². The third-order valence-corrected chi connectivity index (χ3v) is 5.33. The average Bonchev–Trinajstić information content (AvgIpc) is 2.61. The molecule has 2 aromatic rings. The summed E-state index contributed by atoms with van der Waals surface area (Å²) in [5.74, 6) is -5.33. The van der Waals surface area contributed by atoms with E-state index in [1.54, 1.807) is 0 Å². The first-order valence-electron chi connectivity index (χ1n) is 8.63. The molecule has 0 saturated heterocycles. The molecule has 1 atom stereocenters. The highest BCUT2D eigenvalue weighted by Crippen LogP contribution is 2.51. The van der Waals surface area contributed by atoms with E-state index < -0.39 is 40.4 Å². The number of halogens is 5. The summed E-state index contributed by atoms with van der Waals surface area (Å²) in [5, 5.41) is 2.67. The predicted molar refractivity (Wildman–Crippen MR) is 108 cm³/mol. The zero-order valence-electron chi connectivity index (χ0n) is 16.1. The van der Waals surface area contributed by atoms with Crippen LogP contribution < -0.4 is 11.1 Å². The SMILES string of the molecule is CC1(C)OC(N)=N[C@](C)(c2cc(NC(=O)c3ncc(Cl)cc3Cl)ccc2F)C1(F)F. The number of pyridine rings is 1. The number of aliphatic imine (C=N–C) groups is 1. The summed E-state index contributed by atoms with van der Waals surface area (Å²) < 4.78 is 50.1. The van der Waals surface area contributed by atoms with E-state index in [4.69, 9.17) is 33.7 Å². The fourth-order valence-corrected chi connectivity index (χ4v) is 3.67. The van der Waals surface area contributed by atoms with Gasteiger partial charge in [0.15, 0.2) is 11.1 Å². The minimum absolute atomic E-state index is 0.00983. The fourth-order valence-electron chi connectivity index (χ4n) is 3.20. The number of amidine groups is 1. The number of amides is 1. The summed E-state index contributed by atoms with van der Waals surface area (Å²) in [5.41, 5.74) is 0.556. The van der Waals surface area contributed by atoms with Crippen molar-refractivity contribution in [3.63, 3.8) is 0 Å². The van der Waals surface area contributed by atoms with Gasteiger partial charge < -0.3 is 15.8 Å². The molecule has 0 unspecified atom stereocenters. The van der Waals surface area contributed by atoms with E-state index in [0.29, 0.717) is 0 Å². The number of aromatic nitrogens is 1. The molecule has 0 saturated carbocycles. The molecule has 11 heteroatoms. The molecular formula is C19H17Cl2F3N4O2. The third kappa shape index (κ3) is 3.56. The van der Waals surface area contributed by atoms with Crippen LogP contribution in [0.4, 0.5) is 18.9 Å². The Morgan fingerprint density at radius 3 is 2.50 bits per heavy atom. The summed E-state index contributed by atoms with van der Waals surface area (Å²) in [6, 6.07) is 4.03. The van der Waals surface area contributed by atoms with Gasteiger partial charge in [-0.3, -0.25) is 4.79 Å². The van der Waals surface area contributed by atoms with Crippen LogP contribution >= 0.6 is 23.2 Å². The lowest BCUT2D eigenvalue weighted by molar-refractivity contribution is -0.207. The van der Waals surface area contributed by atoms with Crippen LogP contribution in [0, 0.1) is 5.82 Å². The molecule has 1 aromatic carbocycles. The number of nitrogens with two attached hydrogens (primary N) is 1. The Morgan fingerprint density at radius 1 is 1.20 bits per heavy atom. The summed E-state index contributed by atoms with van der Waals surface area (Å²) in [6.07, 6.45) is 1.22. The topological polar surface area (TPSA) is 89.6 Å². The summed E-state index contributed by atoms with van der Waals surface area (Å²) in [7, 11) is 0. The summed E-state index contributed by atoms with van der Waals surface area (Å²) in [4.78, 5) is 20.0. The van der Waals surface area contributed by atoms with Crippen molar-refractivity contribution in [1.29, 1.82) is 0 Å². The molecule has 6 nitrogen and oxygen atoms in total. The van der Waals surface area contributed by atoms with Crippen molar-refractivity contribution < 1.29 is 22.7 Å². The lowest BCUT2D eigenvalue weighted by Gasteiger charge is -2.46. The maximum absolute atomic E-state index is 15.2. The van der Waals surface area contributed by atoms with Crippen molar-refractivity contribution in [3.8, 4) is 0 Å². The normalized spacial score (nSPS) is 22.1. The Labute approximate surface area is 180 Å². The van der Waals surface area contributed by atoms with Crippen molar-refractivity contribution >= 4 is 40.8 Å². The third-order valence-electron chi connectivity index (χ3n) is 4.83. The van der Waals surface area contributed by atoms with Crippen molar-refractivity contribution in [3.05, 3.63) is 57.6 Å². The number of hydrogen-bond acceptors (Lipinski definition) is 5. The molecule has 1 aliphatic heterocycles. The molecule has 0 fully saturated rings. The lowest BCUT2D eigenvalue weighted by atomic mass is 9.77. The molecule has 1 amide bonds. The molecule has 1 aromatic heterocycles. The smallest absolute Gasteiger partial charge is 0.315 e. The van der Waals surface area contributed by atoms with Gasteiger partial charge in [-0.15, -0.1) is 0 Å². The first-order chi connectivity index (χ1) is 13.8. The van der Waals surface area contributed by atoms with Gasteiger partial charge >= 0.3 is 5.92 Å². The van der Waals surface area contributed by atoms with Gasteiger partial charge in [-0.05, 0) is 45.0 Å². The second-order valence-electron chi connectivity index (χ2n) is 7.34. The van der Waals surface area contributed by atoms with Crippen molar-refractivity contribution in [2.75, 3.05) is 5.32 Å². The van der Waals surface area contributed by atoms with Crippen LogP contribution in [0.3, 0.4) is 0 Å². The molecule has 0 spiro atoms. The van der Waals surface area contributed by atoms with Crippen LogP contribution in [0.15, 0.2) is 35.5 Å². The average molecular weight is 461 g/mol. The van der Waals surface area contributed by atoms with Gasteiger partial charge in [0.1, 0.15) is 11.5 Å². The predicted octanol–water partition coefficient (Wildman–Crippen LogP) is 4.75. The van der Waals surface area contributed by atoms with E-state index in [0.717, 1.165) is 32.9 Å². The highest BCUT2D eigenvalue weighted by molar-refractivity contribution is 6.36. The number of nitrogens with one attached hydrogen (secondary N) is 1. The highest BCUT2D eigenvalue weighted by atomic mass is 35.5. The monoisotopic (exact) mass is 460 g/mol. The summed E-state index contributed by atoms with van der Waals surface area (Å²) >= 11 is 11.7. The van der Waals surface area contributed by atoms with E-state index in [1.807, 2.05) is 0 Å². The van der Waals surface area contributed by atoms with E-state index >= 15 is 8.78 Å². The van der Waals surface area contributed by atoms with Crippen LogP contribution in [0.1, 0.15) is 36.8 Å². The largest absolute Gasteiger partial charge is 0.453 e. The molecule has 0 radical (unpaired) electrons. The Kier molecular flexibility index (Phi) is 5.41. The van der Waals surface area contributed by atoms with Gasteiger partial charge in [0.05, 0.1) is 10.0 Å². The van der Waals surface area contributed by atoms with E-state index in [2.05, 4.69) is 15.3 Å². The zero-order chi connectivity index (χ0) is 22.5. The van der Waals surface area contributed by atoms with Crippen LogP contribution in [0.25, 0.3) is 0 Å². The first-order valence-corrected chi connectivity index (χ1v) is 9.38. The Bertz CT molecular complexity index is 1060. The quantitative estimate of drug-likeness (QED) is 0.690. The van der Waals surface area contributed by atoms with Crippen molar-refractivity contribution in [2.45, 2.75) is 37.8 Å². The fraction of sp³-hybridized carbons (Fsp3) is 0.316. The Hall–Kier alpha value is -2.52. The molecular weight excluding hydrogens is 444 g/mol. The van der Waals surface area contributed by atoms with Gasteiger partial charge in [0, 0.05) is 17.4 Å². The van der Waals surface area contributed by atoms with E-state index in [-0.39, 0.29) is 21.4 Å². The lowest BCUT2D eigenvalue weighted by Crippen LogP contribution is -2.62. The number of hydrogen-bond donors (Lipinski definition) is 2. The molecule has 1 aliphatic rings. The molecule has 3 N–H and O–H groups in total. The number of rotatable bonds is 3. The Balaban J connectivity index is 2.03. The number of anilines is 1. The minimum atomic E-state index is -3.65. The van der Waals surface area contributed by atoms with E-state index in [9.17, 15) is 9.18 Å². The molecule has 0 bridgehead atoms. The molecule has 0 aliphatic carbocycles. The maximum atomic E-state index is 15.2. The van der Waals surface area contributed by atoms with Gasteiger partial charge in [-0.1, -0.05) is 23.2 Å². The summed E-state index contributed by atoms with van der Waals surface area (Å²) in [6.45, 7) is 3.31. The zero-order valence-corrected chi connectivity index (χ0v) is 17.6. The van der Waals surface area contributed by atoms with Gasteiger partial charge in [0.25, 0.3) is 11.9 Å². The second-order valence-corrected chi connectivity index (χ2v) is 8.19. The van der Waals surface area contributed by atoms with Gasteiger partial charge in [-0.2, -0.15) is 8.78 Å². The van der Waals surface area contributed by atoms with Gasteiger partial charge in [-0.25, -0.2) is 14.4 Å². The molecule has 2 heterocycles. The number of alkyl halides is 2. The van der Waals surface area contributed by atoms with E-state index in [1.165, 1.54) is 18.3 Å². The number of ether oxygens (including phenoxy) is 1. The van der Waals surface area contributed by atoms with Crippen LogP contribution in [0.5, 0.6) is 0 Å². The molecule has 3 rings (SSSR count). The Morgan fingerprint density at radius 2 is 1.87 bits per heavy atom. The van der Waals surface area contributed by atoms with Crippen LogP contribution in [0.2, 0.25) is 10.0 Å². The number of carbonyl (C=O) groups excluding carboxylic acids is 1.